The van der Waals surface area contributed by atoms with Crippen molar-refractivity contribution < 1.29 is 34.7 Å². The van der Waals surface area contributed by atoms with E-state index in [1.165, 1.54) is 44.6 Å². The molecule has 0 unspecified atom stereocenters. The number of methoxy groups -OCH3 is 2. The first-order valence-electron chi connectivity index (χ1n) is 8.18. The summed E-state index contributed by atoms with van der Waals surface area (Å²) < 4.78 is 10.2. The van der Waals surface area contributed by atoms with Gasteiger partial charge in [-0.3, -0.25) is 0 Å². The highest BCUT2D eigenvalue weighted by Crippen LogP contribution is 2.27. The molecule has 2 rings (SSSR count). The van der Waals surface area contributed by atoms with Crippen molar-refractivity contribution in [1.29, 1.82) is 0 Å². The summed E-state index contributed by atoms with van der Waals surface area (Å²) >= 11 is 0. The quantitative estimate of drug-likeness (QED) is 0.434. The Hall–Kier alpha value is -3.19. The van der Waals surface area contributed by atoms with Gasteiger partial charge in [0.25, 0.3) is 0 Å². The van der Waals surface area contributed by atoms with Gasteiger partial charge in [0, 0.05) is 25.7 Å². The molecule has 27 heavy (non-hydrogen) atoms. The SMILES string of the molecule is COC(=O)C(=CCc1ccc(O)cc1O)[C@H](Cc1ccc(O)cc1O)OC. The second kappa shape index (κ2) is 8.95. The maximum absolute atomic E-state index is 12.2. The van der Waals surface area contributed by atoms with Gasteiger partial charge in [-0.25, -0.2) is 4.79 Å². The normalized spacial score (nSPS) is 12.6. The van der Waals surface area contributed by atoms with Crippen LogP contribution in [0.5, 0.6) is 23.0 Å². The van der Waals surface area contributed by atoms with Crippen LogP contribution in [0.15, 0.2) is 48.0 Å². The van der Waals surface area contributed by atoms with Gasteiger partial charge < -0.3 is 29.9 Å². The Labute approximate surface area is 156 Å². The highest BCUT2D eigenvalue weighted by atomic mass is 16.5. The van der Waals surface area contributed by atoms with Crippen LogP contribution < -0.4 is 0 Å². The summed E-state index contributed by atoms with van der Waals surface area (Å²) in [4.78, 5) is 12.2. The van der Waals surface area contributed by atoms with Crippen LogP contribution in [0.2, 0.25) is 0 Å². The van der Waals surface area contributed by atoms with Gasteiger partial charge in [0.05, 0.1) is 18.8 Å². The molecule has 7 nitrogen and oxygen atoms in total. The number of ether oxygens (including phenoxy) is 2. The first kappa shape index (κ1) is 20.1. The van der Waals surface area contributed by atoms with E-state index < -0.39 is 12.1 Å². The van der Waals surface area contributed by atoms with Crippen LogP contribution >= 0.6 is 0 Å². The minimum absolute atomic E-state index is 0.0639. The van der Waals surface area contributed by atoms with Gasteiger partial charge in [-0.2, -0.15) is 0 Å². The van der Waals surface area contributed by atoms with E-state index in [0.29, 0.717) is 11.1 Å². The predicted molar refractivity (Wildman–Crippen MR) is 97.8 cm³/mol. The van der Waals surface area contributed by atoms with Crippen molar-refractivity contribution in [2.45, 2.75) is 18.9 Å². The molecule has 0 amide bonds. The number of esters is 1. The van der Waals surface area contributed by atoms with E-state index in [1.807, 2.05) is 0 Å². The van der Waals surface area contributed by atoms with E-state index in [0.717, 1.165) is 0 Å². The monoisotopic (exact) mass is 374 g/mol. The maximum atomic E-state index is 12.2. The van der Waals surface area contributed by atoms with E-state index >= 15 is 0 Å². The molecule has 0 aliphatic rings. The van der Waals surface area contributed by atoms with E-state index in [1.54, 1.807) is 12.1 Å². The molecule has 2 aromatic rings. The minimum Gasteiger partial charge on any atom is -0.508 e. The molecule has 0 saturated carbocycles. The Morgan fingerprint density at radius 2 is 1.52 bits per heavy atom. The summed E-state index contributed by atoms with van der Waals surface area (Å²) in [6.07, 6.45) is 1.24. The number of phenolic OH excluding ortho intramolecular Hbond substituents is 4. The largest absolute Gasteiger partial charge is 0.508 e. The lowest BCUT2D eigenvalue weighted by Crippen LogP contribution is -2.24. The zero-order valence-electron chi connectivity index (χ0n) is 15.0. The second-order valence-electron chi connectivity index (χ2n) is 5.91. The molecule has 1 atom stereocenters. The van der Waals surface area contributed by atoms with Crippen LogP contribution in [0.4, 0.5) is 0 Å². The topological polar surface area (TPSA) is 116 Å². The maximum Gasteiger partial charge on any atom is 0.336 e. The van der Waals surface area contributed by atoms with Crippen LogP contribution in [0.3, 0.4) is 0 Å². The number of aromatic hydroxyl groups is 4. The number of allylic oxidation sites excluding steroid dienone is 1. The van der Waals surface area contributed by atoms with Crippen molar-refractivity contribution >= 4 is 5.97 Å². The van der Waals surface area contributed by atoms with Gasteiger partial charge in [0.1, 0.15) is 23.0 Å². The molecule has 0 aromatic heterocycles. The summed E-state index contributed by atoms with van der Waals surface area (Å²) in [6.45, 7) is 0. The first-order chi connectivity index (χ1) is 12.8. The lowest BCUT2D eigenvalue weighted by Gasteiger charge is -2.18. The van der Waals surface area contributed by atoms with Crippen molar-refractivity contribution in [2.75, 3.05) is 14.2 Å². The van der Waals surface area contributed by atoms with Gasteiger partial charge in [0.15, 0.2) is 0 Å². The van der Waals surface area contributed by atoms with Crippen molar-refractivity contribution in [2.24, 2.45) is 0 Å². The van der Waals surface area contributed by atoms with E-state index in [9.17, 15) is 25.2 Å². The fourth-order valence-corrected chi connectivity index (χ4v) is 2.65. The summed E-state index contributed by atoms with van der Waals surface area (Å²) in [5.74, 6) is -0.945. The molecule has 144 valence electrons. The van der Waals surface area contributed by atoms with Crippen molar-refractivity contribution in [1.82, 2.24) is 0 Å². The molecule has 4 N–H and O–H groups in total. The highest BCUT2D eigenvalue weighted by molar-refractivity contribution is 5.89. The standard InChI is InChI=1S/C20H22O7/c1-26-19(9-13-4-7-15(22)11-18(13)24)16(20(25)27-2)8-5-12-3-6-14(21)10-17(12)23/h3-4,6-8,10-11,19,21-24H,5,9H2,1-2H3/t19-/m0/s1. The summed E-state index contributed by atoms with van der Waals surface area (Å²) in [6, 6.07) is 8.36. The fourth-order valence-electron chi connectivity index (χ4n) is 2.65. The summed E-state index contributed by atoms with van der Waals surface area (Å²) in [7, 11) is 2.68. The van der Waals surface area contributed by atoms with E-state index in [-0.39, 0.29) is 41.4 Å². The van der Waals surface area contributed by atoms with Gasteiger partial charge >= 0.3 is 5.97 Å². The van der Waals surface area contributed by atoms with E-state index in [4.69, 9.17) is 9.47 Å². The zero-order chi connectivity index (χ0) is 20.0. The Kier molecular flexibility index (Phi) is 6.67. The minimum atomic E-state index is -0.716. The van der Waals surface area contributed by atoms with Crippen molar-refractivity contribution in [3.8, 4) is 23.0 Å². The van der Waals surface area contributed by atoms with Gasteiger partial charge in [-0.1, -0.05) is 18.2 Å². The van der Waals surface area contributed by atoms with Gasteiger partial charge in [0.2, 0.25) is 0 Å². The molecule has 0 radical (unpaired) electrons. The van der Waals surface area contributed by atoms with Crippen LogP contribution in [0.25, 0.3) is 0 Å². The Morgan fingerprint density at radius 3 is 2.00 bits per heavy atom. The van der Waals surface area contributed by atoms with Crippen LogP contribution in [-0.4, -0.2) is 46.7 Å². The number of hydrogen-bond acceptors (Lipinski definition) is 7. The molecular formula is C20H22O7. The molecule has 0 heterocycles. The molecule has 0 aliphatic carbocycles. The summed E-state index contributed by atoms with van der Waals surface area (Å²) in [5.41, 5.74) is 1.22. The lowest BCUT2D eigenvalue weighted by molar-refractivity contribution is -0.137. The van der Waals surface area contributed by atoms with Crippen molar-refractivity contribution in [3.63, 3.8) is 0 Å². The average molecular weight is 374 g/mol. The van der Waals surface area contributed by atoms with E-state index in [2.05, 4.69) is 0 Å². The Bertz CT molecular complexity index is 842. The fraction of sp³-hybridized carbons (Fsp3) is 0.250. The highest BCUT2D eigenvalue weighted by Gasteiger charge is 2.23. The predicted octanol–water partition coefficient (Wildman–Crippen LogP) is 2.41. The van der Waals surface area contributed by atoms with Gasteiger partial charge in [-0.15, -0.1) is 0 Å². The molecule has 7 heteroatoms. The third kappa shape index (κ3) is 5.15. The first-order valence-corrected chi connectivity index (χ1v) is 8.18. The molecule has 0 fully saturated rings. The zero-order valence-corrected chi connectivity index (χ0v) is 15.0. The molecule has 0 spiro atoms. The number of phenols is 4. The Balaban J connectivity index is 2.30. The van der Waals surface area contributed by atoms with Crippen LogP contribution in [-0.2, 0) is 27.1 Å². The lowest BCUT2D eigenvalue weighted by atomic mass is 9.98. The number of carbonyl (C=O) groups is 1. The molecule has 0 saturated heterocycles. The van der Waals surface area contributed by atoms with Crippen LogP contribution in [0.1, 0.15) is 11.1 Å². The smallest absolute Gasteiger partial charge is 0.336 e. The van der Waals surface area contributed by atoms with Crippen LogP contribution in [0, 0.1) is 0 Å². The number of carbonyl (C=O) groups excluding carboxylic acids is 1. The second-order valence-corrected chi connectivity index (χ2v) is 5.91. The number of benzene rings is 2. The average Bonchev–Trinajstić information content (AvgIpc) is 2.63. The number of rotatable bonds is 7. The summed E-state index contributed by atoms with van der Waals surface area (Å²) in [5, 5.41) is 38.6. The van der Waals surface area contributed by atoms with Gasteiger partial charge in [-0.05, 0) is 29.7 Å². The Morgan fingerprint density at radius 1 is 0.963 bits per heavy atom. The molecule has 2 aromatic carbocycles. The molecule has 0 bridgehead atoms. The third-order valence-corrected chi connectivity index (χ3v) is 4.14. The number of hydrogen-bond donors (Lipinski definition) is 4. The third-order valence-electron chi connectivity index (χ3n) is 4.14. The van der Waals surface area contributed by atoms with Crippen molar-refractivity contribution in [3.05, 3.63) is 59.2 Å². The molecule has 0 aliphatic heterocycles. The molecular weight excluding hydrogens is 352 g/mol.